The average molecular weight is 480 g/mol. The molecule has 0 radical (unpaired) electrons. The molecule has 2 aromatic rings. The first kappa shape index (κ1) is 22.2. The quantitative estimate of drug-likeness (QED) is 0.608. The molecule has 2 atom stereocenters. The molecule has 0 spiro atoms. The lowest BCUT2D eigenvalue weighted by Crippen LogP contribution is -2.50. The van der Waals surface area contributed by atoms with Crippen molar-refractivity contribution < 1.29 is 22.4 Å². The van der Waals surface area contributed by atoms with E-state index >= 15 is 0 Å². The van der Waals surface area contributed by atoms with Gasteiger partial charge in [0, 0.05) is 25.7 Å². The van der Waals surface area contributed by atoms with Crippen LogP contribution in [-0.2, 0) is 19.6 Å². The Labute approximate surface area is 192 Å². The van der Waals surface area contributed by atoms with E-state index in [4.69, 9.17) is 9.15 Å². The highest BCUT2D eigenvalue weighted by Gasteiger charge is 2.35. The standard InChI is InChI=1S/C22H29N3O5S2/c26-21(25-9-3-5-16-4-1-2-6-19(16)25)15-31-22-23-18-14-17(7-8-20(18)30-22)32(27,28)24-10-12-29-13-11-24/h7-8,14,16,19H,1-6,9-13,15H2/t16-,19-/m0/s1. The van der Waals surface area contributed by atoms with Crippen molar-refractivity contribution in [3.63, 3.8) is 0 Å². The molecule has 10 heteroatoms. The predicted molar refractivity (Wildman–Crippen MR) is 121 cm³/mol. The summed E-state index contributed by atoms with van der Waals surface area (Å²) in [4.78, 5) is 19.7. The van der Waals surface area contributed by atoms with Crippen molar-refractivity contribution in [3.8, 4) is 0 Å². The van der Waals surface area contributed by atoms with Crippen LogP contribution in [0.3, 0.4) is 0 Å². The van der Waals surface area contributed by atoms with Gasteiger partial charge in [-0.2, -0.15) is 4.31 Å². The zero-order valence-corrected chi connectivity index (χ0v) is 19.7. The van der Waals surface area contributed by atoms with Crippen molar-refractivity contribution in [2.24, 2.45) is 5.92 Å². The van der Waals surface area contributed by atoms with Crippen LogP contribution in [-0.4, -0.2) is 73.2 Å². The number of carbonyl (C=O) groups is 1. The smallest absolute Gasteiger partial charge is 0.257 e. The minimum Gasteiger partial charge on any atom is -0.431 e. The van der Waals surface area contributed by atoms with Crippen LogP contribution >= 0.6 is 11.8 Å². The third-order valence-corrected chi connectivity index (χ3v) is 9.54. The molecule has 1 aromatic heterocycles. The number of hydrogen-bond donors (Lipinski definition) is 0. The molecule has 1 saturated carbocycles. The van der Waals surface area contributed by atoms with E-state index in [2.05, 4.69) is 9.88 Å². The predicted octanol–water partition coefficient (Wildman–Crippen LogP) is 3.12. The number of fused-ring (bicyclic) bond motifs is 2. The summed E-state index contributed by atoms with van der Waals surface area (Å²) in [6, 6.07) is 5.13. The maximum Gasteiger partial charge on any atom is 0.257 e. The Morgan fingerprint density at radius 3 is 2.72 bits per heavy atom. The Balaban J connectivity index is 1.26. The number of morpholine rings is 1. The number of rotatable bonds is 5. The second-order valence-electron chi connectivity index (χ2n) is 8.76. The van der Waals surface area contributed by atoms with Gasteiger partial charge in [-0.15, -0.1) is 0 Å². The first-order valence-corrected chi connectivity index (χ1v) is 13.9. The average Bonchev–Trinajstić information content (AvgIpc) is 3.25. The van der Waals surface area contributed by atoms with Crippen LogP contribution in [0.15, 0.2) is 32.7 Å². The molecule has 2 saturated heterocycles. The second-order valence-corrected chi connectivity index (χ2v) is 11.6. The molecule has 0 bridgehead atoms. The minimum atomic E-state index is -3.59. The number of piperidine rings is 1. The Hall–Kier alpha value is -1.62. The van der Waals surface area contributed by atoms with Gasteiger partial charge in [-0.3, -0.25) is 4.79 Å². The number of oxazole rings is 1. The topological polar surface area (TPSA) is 92.9 Å². The molecule has 0 N–H and O–H groups in total. The number of nitrogens with zero attached hydrogens (tertiary/aromatic N) is 3. The van der Waals surface area contributed by atoms with Gasteiger partial charge in [0.1, 0.15) is 5.52 Å². The number of aromatic nitrogens is 1. The van der Waals surface area contributed by atoms with Gasteiger partial charge >= 0.3 is 0 Å². The van der Waals surface area contributed by atoms with Gasteiger partial charge < -0.3 is 14.1 Å². The number of thioether (sulfide) groups is 1. The highest BCUT2D eigenvalue weighted by atomic mass is 32.2. The number of sulfonamides is 1. The largest absolute Gasteiger partial charge is 0.431 e. The van der Waals surface area contributed by atoms with Gasteiger partial charge in [-0.25, -0.2) is 13.4 Å². The zero-order chi connectivity index (χ0) is 22.1. The molecule has 32 heavy (non-hydrogen) atoms. The summed E-state index contributed by atoms with van der Waals surface area (Å²) >= 11 is 1.28. The van der Waals surface area contributed by atoms with E-state index in [-0.39, 0.29) is 16.6 Å². The van der Waals surface area contributed by atoms with Crippen LogP contribution in [0.1, 0.15) is 38.5 Å². The fourth-order valence-electron chi connectivity index (χ4n) is 5.19. The first-order chi connectivity index (χ1) is 15.5. The summed E-state index contributed by atoms with van der Waals surface area (Å²) in [5.74, 6) is 1.08. The van der Waals surface area contributed by atoms with Gasteiger partial charge in [0.2, 0.25) is 15.9 Å². The lowest BCUT2D eigenvalue weighted by Gasteiger charge is -2.44. The number of ether oxygens (including phenoxy) is 1. The van der Waals surface area contributed by atoms with Crippen LogP contribution in [0, 0.1) is 5.92 Å². The maximum atomic E-state index is 12.9. The molecular formula is C22H29N3O5S2. The van der Waals surface area contributed by atoms with E-state index in [0.717, 1.165) is 19.4 Å². The van der Waals surface area contributed by atoms with Crippen LogP contribution in [0.25, 0.3) is 11.1 Å². The molecule has 1 aromatic carbocycles. The van der Waals surface area contributed by atoms with E-state index in [1.165, 1.54) is 41.8 Å². The summed E-state index contributed by atoms with van der Waals surface area (Å²) in [6.45, 7) is 2.34. The normalized spacial score (nSPS) is 25.1. The maximum absolute atomic E-state index is 12.9. The van der Waals surface area contributed by atoms with Gasteiger partial charge in [0.15, 0.2) is 5.58 Å². The molecule has 3 heterocycles. The van der Waals surface area contributed by atoms with Crippen molar-refractivity contribution >= 4 is 38.8 Å². The monoisotopic (exact) mass is 479 g/mol. The zero-order valence-electron chi connectivity index (χ0n) is 18.1. The van der Waals surface area contributed by atoms with Crippen LogP contribution in [0.5, 0.6) is 0 Å². The molecule has 3 fully saturated rings. The van der Waals surface area contributed by atoms with Gasteiger partial charge in [0.25, 0.3) is 5.22 Å². The Morgan fingerprint density at radius 2 is 1.88 bits per heavy atom. The molecule has 174 valence electrons. The lowest BCUT2D eigenvalue weighted by molar-refractivity contribution is -0.134. The molecule has 3 aliphatic rings. The molecular weight excluding hydrogens is 450 g/mol. The summed E-state index contributed by atoms with van der Waals surface area (Å²) in [7, 11) is -3.59. The Bertz CT molecular complexity index is 1080. The Kier molecular flexibility index (Phi) is 6.46. The van der Waals surface area contributed by atoms with E-state index in [0.29, 0.717) is 54.6 Å². The lowest BCUT2D eigenvalue weighted by atomic mass is 9.78. The summed E-state index contributed by atoms with van der Waals surface area (Å²) in [6.07, 6.45) is 7.17. The van der Waals surface area contributed by atoms with Crippen molar-refractivity contribution in [2.45, 2.75) is 54.7 Å². The molecule has 1 aliphatic carbocycles. The molecule has 8 nitrogen and oxygen atoms in total. The molecule has 5 rings (SSSR count). The summed E-state index contributed by atoms with van der Waals surface area (Å²) in [5.41, 5.74) is 1.01. The Morgan fingerprint density at radius 1 is 1.09 bits per heavy atom. The van der Waals surface area contributed by atoms with Crippen molar-refractivity contribution in [1.82, 2.24) is 14.2 Å². The molecule has 1 amide bonds. The molecule has 2 aliphatic heterocycles. The fourth-order valence-corrected chi connectivity index (χ4v) is 7.34. The number of benzene rings is 1. The van der Waals surface area contributed by atoms with Gasteiger partial charge in [-0.05, 0) is 49.8 Å². The van der Waals surface area contributed by atoms with Crippen molar-refractivity contribution in [3.05, 3.63) is 18.2 Å². The number of likely N-dealkylation sites (tertiary alicyclic amines) is 1. The number of amides is 1. The highest BCUT2D eigenvalue weighted by Crippen LogP contribution is 2.36. The van der Waals surface area contributed by atoms with Gasteiger partial charge in [-0.1, -0.05) is 24.6 Å². The van der Waals surface area contributed by atoms with Crippen LogP contribution < -0.4 is 0 Å². The summed E-state index contributed by atoms with van der Waals surface area (Å²) in [5, 5.41) is 0.395. The number of carbonyl (C=O) groups excluding carboxylic acids is 1. The van der Waals surface area contributed by atoms with E-state index in [1.54, 1.807) is 18.2 Å². The minimum absolute atomic E-state index is 0.143. The van der Waals surface area contributed by atoms with Crippen LogP contribution in [0.4, 0.5) is 0 Å². The third kappa shape index (κ3) is 4.42. The van der Waals surface area contributed by atoms with E-state index in [1.807, 2.05) is 0 Å². The van der Waals surface area contributed by atoms with Crippen molar-refractivity contribution in [2.75, 3.05) is 38.6 Å². The van der Waals surface area contributed by atoms with E-state index in [9.17, 15) is 13.2 Å². The third-order valence-electron chi connectivity index (χ3n) is 6.83. The van der Waals surface area contributed by atoms with Crippen LogP contribution in [0.2, 0.25) is 0 Å². The number of hydrogen-bond acceptors (Lipinski definition) is 7. The fraction of sp³-hybridized carbons (Fsp3) is 0.636. The molecule has 0 unspecified atom stereocenters. The van der Waals surface area contributed by atoms with Crippen molar-refractivity contribution in [1.29, 1.82) is 0 Å². The van der Waals surface area contributed by atoms with Gasteiger partial charge in [0.05, 0.1) is 23.9 Å². The second kappa shape index (κ2) is 9.32. The SMILES string of the molecule is O=C(CSc1nc2cc(S(=O)(=O)N3CCOCC3)ccc2o1)N1CCC[C@@H]2CCCC[C@@H]21. The first-order valence-electron chi connectivity index (χ1n) is 11.4. The summed E-state index contributed by atoms with van der Waals surface area (Å²) < 4.78 is 38.3. The van der Waals surface area contributed by atoms with E-state index < -0.39 is 10.0 Å². The highest BCUT2D eigenvalue weighted by molar-refractivity contribution is 7.99.